The van der Waals surface area contributed by atoms with E-state index in [1.807, 2.05) is 12.1 Å². The number of sulfonamides is 1. The predicted octanol–water partition coefficient (Wildman–Crippen LogP) is 6.29. The number of carbonyl (C=O) groups is 2. The topological polar surface area (TPSA) is 111 Å². The molecule has 0 unspecified atom stereocenters. The number of morpholine rings is 1. The van der Waals surface area contributed by atoms with E-state index in [0.29, 0.717) is 17.2 Å². The van der Waals surface area contributed by atoms with Crippen molar-refractivity contribution in [2.45, 2.75) is 37.5 Å². The van der Waals surface area contributed by atoms with Crippen molar-refractivity contribution in [2.24, 2.45) is 0 Å². The Morgan fingerprint density at radius 2 is 1.55 bits per heavy atom. The average Bonchev–Trinajstić information content (AvgIpc) is 2.97. The van der Waals surface area contributed by atoms with Crippen LogP contribution in [0.5, 0.6) is 11.5 Å². The van der Waals surface area contributed by atoms with E-state index in [1.54, 1.807) is 24.3 Å². The molecule has 0 aliphatic carbocycles. The highest BCUT2D eigenvalue weighted by molar-refractivity contribution is 7.89. The Morgan fingerprint density at radius 1 is 0.952 bits per heavy atom. The number of nitrogens with one attached hydrogen (secondary N) is 1. The van der Waals surface area contributed by atoms with Gasteiger partial charge in [-0.25, -0.2) is 13.2 Å². The van der Waals surface area contributed by atoms with Crippen molar-refractivity contribution in [3.05, 3.63) is 81.8 Å². The van der Waals surface area contributed by atoms with Gasteiger partial charge in [-0.05, 0) is 65.9 Å². The second-order valence-electron chi connectivity index (χ2n) is 10.3. The second-order valence-corrected chi connectivity index (χ2v) is 13.0. The molecular formula is C30H32Cl2N2O7S. The minimum atomic E-state index is -4.00. The number of esters is 1. The molecule has 9 nitrogen and oxygen atoms in total. The van der Waals surface area contributed by atoms with Gasteiger partial charge in [0.2, 0.25) is 10.0 Å². The Kier molecular flexibility index (Phi) is 10.2. The van der Waals surface area contributed by atoms with Crippen molar-refractivity contribution in [1.29, 1.82) is 0 Å². The third-order valence-corrected chi connectivity index (χ3v) is 9.73. The van der Waals surface area contributed by atoms with Gasteiger partial charge in [-0.15, -0.1) is 0 Å². The Morgan fingerprint density at radius 3 is 2.14 bits per heavy atom. The molecule has 1 saturated heterocycles. The molecule has 1 amide bonds. The Labute approximate surface area is 255 Å². The minimum Gasteiger partial charge on any atom is -0.457 e. The molecule has 4 rings (SSSR count). The van der Waals surface area contributed by atoms with Gasteiger partial charge in [0, 0.05) is 18.8 Å². The Hall–Kier alpha value is -3.15. The average molecular weight is 636 g/mol. The molecule has 12 heteroatoms. The molecule has 1 N–H and O–H groups in total. The molecule has 0 spiro atoms. The summed E-state index contributed by atoms with van der Waals surface area (Å²) < 4.78 is 43.6. The van der Waals surface area contributed by atoms with Gasteiger partial charge in [-0.2, -0.15) is 4.31 Å². The molecule has 42 heavy (non-hydrogen) atoms. The molecular weight excluding hydrogens is 603 g/mol. The van der Waals surface area contributed by atoms with Crippen LogP contribution in [0.1, 0.15) is 43.1 Å². The first kappa shape index (κ1) is 31.8. The fraction of sp³-hybridized carbons (Fsp3) is 0.333. The quantitative estimate of drug-likeness (QED) is 0.261. The van der Waals surface area contributed by atoms with Crippen molar-refractivity contribution in [2.75, 3.05) is 38.2 Å². The van der Waals surface area contributed by atoms with E-state index >= 15 is 0 Å². The van der Waals surface area contributed by atoms with Crippen LogP contribution in [0.25, 0.3) is 0 Å². The first-order valence-electron chi connectivity index (χ1n) is 13.3. The van der Waals surface area contributed by atoms with Crippen molar-refractivity contribution in [3.8, 4) is 11.5 Å². The number of nitrogens with zero attached hydrogens (tertiary/aromatic N) is 1. The van der Waals surface area contributed by atoms with Crippen LogP contribution in [-0.2, 0) is 29.7 Å². The first-order valence-corrected chi connectivity index (χ1v) is 15.5. The zero-order valence-corrected chi connectivity index (χ0v) is 25.8. The van der Waals surface area contributed by atoms with Gasteiger partial charge in [0.1, 0.15) is 16.4 Å². The van der Waals surface area contributed by atoms with E-state index in [-0.39, 0.29) is 52.2 Å². The predicted molar refractivity (Wildman–Crippen MR) is 161 cm³/mol. The summed E-state index contributed by atoms with van der Waals surface area (Å²) in [4.78, 5) is 24.9. The molecule has 0 bridgehead atoms. The number of ether oxygens (including phenoxy) is 3. The third-order valence-electron chi connectivity index (χ3n) is 7.06. The molecule has 224 valence electrons. The van der Waals surface area contributed by atoms with Crippen molar-refractivity contribution < 1.29 is 32.2 Å². The zero-order valence-electron chi connectivity index (χ0n) is 23.5. The number of rotatable bonds is 10. The van der Waals surface area contributed by atoms with E-state index < -0.39 is 28.5 Å². The summed E-state index contributed by atoms with van der Waals surface area (Å²) in [7, 11) is -4.00. The van der Waals surface area contributed by atoms with Crippen LogP contribution in [0.3, 0.4) is 0 Å². The molecule has 1 fully saturated rings. The standard InChI is InChI=1S/C30H32Cl2N2O7S/c1-4-30(2,3)20-5-9-22(10-6-20)41-23-11-7-21(8-12-23)33-28(35)19-40-29(36)24-17-27(26(32)18-25(24)31)42(37,38)34-13-15-39-16-14-34/h5-12,17-18H,4,13-16,19H2,1-3H3,(H,33,35). The third kappa shape index (κ3) is 7.62. The lowest BCUT2D eigenvalue weighted by Gasteiger charge is -2.26. The summed E-state index contributed by atoms with van der Waals surface area (Å²) in [5.74, 6) is -0.294. The van der Waals surface area contributed by atoms with Crippen LogP contribution in [0.2, 0.25) is 10.0 Å². The van der Waals surface area contributed by atoms with Crippen molar-refractivity contribution >= 4 is 50.8 Å². The van der Waals surface area contributed by atoms with Crippen LogP contribution in [0.4, 0.5) is 5.69 Å². The maximum Gasteiger partial charge on any atom is 0.340 e. The van der Waals surface area contributed by atoms with Gasteiger partial charge in [-0.3, -0.25) is 4.79 Å². The van der Waals surface area contributed by atoms with Crippen LogP contribution in [-0.4, -0.2) is 57.5 Å². The SMILES string of the molecule is CCC(C)(C)c1ccc(Oc2ccc(NC(=O)COC(=O)c3cc(S(=O)(=O)N4CCOCC4)c(Cl)cc3Cl)cc2)cc1. The van der Waals surface area contributed by atoms with Gasteiger partial charge in [0.15, 0.2) is 6.61 Å². The smallest absolute Gasteiger partial charge is 0.340 e. The lowest BCUT2D eigenvalue weighted by atomic mass is 9.82. The van der Waals surface area contributed by atoms with Crippen LogP contribution < -0.4 is 10.1 Å². The number of halogens is 2. The highest BCUT2D eigenvalue weighted by Crippen LogP contribution is 2.32. The lowest BCUT2D eigenvalue weighted by molar-refractivity contribution is -0.119. The fourth-order valence-corrected chi connectivity index (χ4v) is 6.37. The Balaban J connectivity index is 1.34. The van der Waals surface area contributed by atoms with E-state index in [4.69, 9.17) is 37.4 Å². The largest absolute Gasteiger partial charge is 0.457 e. The summed E-state index contributed by atoms with van der Waals surface area (Å²) in [6, 6.07) is 16.9. The molecule has 0 saturated carbocycles. The van der Waals surface area contributed by atoms with Crippen LogP contribution in [0, 0.1) is 0 Å². The van der Waals surface area contributed by atoms with Crippen LogP contribution >= 0.6 is 23.2 Å². The highest BCUT2D eigenvalue weighted by Gasteiger charge is 2.30. The maximum atomic E-state index is 13.1. The second kappa shape index (κ2) is 13.4. The number of anilines is 1. The van der Waals surface area contributed by atoms with E-state index in [2.05, 4.69) is 38.2 Å². The molecule has 3 aromatic carbocycles. The number of benzene rings is 3. The van der Waals surface area contributed by atoms with Crippen LogP contribution in [0.15, 0.2) is 65.6 Å². The highest BCUT2D eigenvalue weighted by atomic mass is 35.5. The van der Waals surface area contributed by atoms with Gasteiger partial charge in [0.25, 0.3) is 5.91 Å². The van der Waals surface area contributed by atoms with Gasteiger partial charge < -0.3 is 19.5 Å². The van der Waals surface area contributed by atoms with Gasteiger partial charge >= 0.3 is 5.97 Å². The zero-order chi connectivity index (χ0) is 30.5. The lowest BCUT2D eigenvalue weighted by Crippen LogP contribution is -2.40. The molecule has 0 atom stereocenters. The Bertz CT molecular complexity index is 1540. The fourth-order valence-electron chi connectivity index (χ4n) is 4.14. The number of hydrogen-bond donors (Lipinski definition) is 1. The van der Waals surface area contributed by atoms with E-state index in [0.717, 1.165) is 18.6 Å². The molecule has 0 radical (unpaired) electrons. The summed E-state index contributed by atoms with van der Waals surface area (Å²) in [6.45, 7) is 6.72. The normalized spacial score (nSPS) is 14.3. The molecule has 3 aromatic rings. The maximum absolute atomic E-state index is 13.1. The molecule has 0 aromatic heterocycles. The van der Waals surface area contributed by atoms with Crippen molar-refractivity contribution in [1.82, 2.24) is 4.31 Å². The monoisotopic (exact) mass is 634 g/mol. The number of amides is 1. The van der Waals surface area contributed by atoms with Crippen molar-refractivity contribution in [3.63, 3.8) is 0 Å². The van der Waals surface area contributed by atoms with E-state index in [1.165, 1.54) is 9.87 Å². The molecule has 1 aliphatic heterocycles. The first-order chi connectivity index (χ1) is 19.9. The van der Waals surface area contributed by atoms with Gasteiger partial charge in [-0.1, -0.05) is 56.1 Å². The van der Waals surface area contributed by atoms with Gasteiger partial charge in [0.05, 0.1) is 28.8 Å². The molecule has 1 aliphatic rings. The molecule has 1 heterocycles. The summed E-state index contributed by atoms with van der Waals surface area (Å²) in [5.41, 5.74) is 1.55. The summed E-state index contributed by atoms with van der Waals surface area (Å²) >= 11 is 12.3. The number of hydrogen-bond acceptors (Lipinski definition) is 7. The summed E-state index contributed by atoms with van der Waals surface area (Å²) in [5, 5.41) is 2.39. The summed E-state index contributed by atoms with van der Waals surface area (Å²) in [6.07, 6.45) is 1.02. The minimum absolute atomic E-state index is 0.0837. The van der Waals surface area contributed by atoms with E-state index in [9.17, 15) is 18.0 Å². The number of carbonyl (C=O) groups excluding carboxylic acids is 2.